The second-order valence-corrected chi connectivity index (χ2v) is 8.91. The molecule has 1 aliphatic heterocycles. The minimum atomic E-state index is -0.769. The van der Waals surface area contributed by atoms with Gasteiger partial charge in [0.1, 0.15) is 11.5 Å². The zero-order valence-corrected chi connectivity index (χ0v) is 20.2. The molecule has 3 N–H and O–H groups in total. The summed E-state index contributed by atoms with van der Waals surface area (Å²) in [5.41, 5.74) is 2.07. The van der Waals surface area contributed by atoms with Crippen LogP contribution in [-0.2, 0) is 14.3 Å². The standard InChI is InChI=1S/C24H28ClN3O5/c1-13-17(14(2)26-19(13)24(32)33-5)21(29)18-20(15-7-9-16(25)10-8-15)28(23(31)22(18)30)12-6-11-27(3)4/h7-10,20,26,29H,6,11-12H2,1-5H3/p+1/t20-/m1/s1. The molecule has 0 unspecified atom stereocenters. The first-order valence-electron chi connectivity index (χ1n) is 10.7. The third-order valence-corrected chi connectivity index (χ3v) is 6.12. The molecule has 1 amide bonds. The third kappa shape index (κ3) is 4.67. The number of hydrogen-bond donors (Lipinski definition) is 3. The van der Waals surface area contributed by atoms with Gasteiger partial charge in [0.05, 0.1) is 39.4 Å². The average molecular weight is 475 g/mol. The van der Waals surface area contributed by atoms with Crippen LogP contribution in [0.4, 0.5) is 0 Å². The Morgan fingerprint density at radius 2 is 1.85 bits per heavy atom. The molecule has 9 heteroatoms. The fourth-order valence-corrected chi connectivity index (χ4v) is 4.38. The van der Waals surface area contributed by atoms with Crippen molar-refractivity contribution in [2.45, 2.75) is 26.3 Å². The molecule has 1 aromatic heterocycles. The first kappa shape index (κ1) is 24.5. The molecule has 0 radical (unpaired) electrons. The molecule has 8 nitrogen and oxygen atoms in total. The van der Waals surface area contributed by atoms with Gasteiger partial charge < -0.3 is 24.6 Å². The van der Waals surface area contributed by atoms with Gasteiger partial charge in [0.25, 0.3) is 11.7 Å². The number of hydrogen-bond acceptors (Lipinski definition) is 5. The lowest BCUT2D eigenvalue weighted by Crippen LogP contribution is -3.05. The van der Waals surface area contributed by atoms with Crippen molar-refractivity contribution in [2.75, 3.05) is 34.3 Å². The fraction of sp³-hybridized carbons (Fsp3) is 0.375. The van der Waals surface area contributed by atoms with Gasteiger partial charge in [-0.25, -0.2) is 4.79 Å². The van der Waals surface area contributed by atoms with Crippen molar-refractivity contribution in [3.63, 3.8) is 0 Å². The SMILES string of the molecule is COC(=O)c1[nH]c(C)c(C(O)=C2C(=O)C(=O)N(CCC[NH+](C)C)[C@@H]2c2ccc(Cl)cc2)c1C. The Kier molecular flexibility index (Phi) is 7.29. The van der Waals surface area contributed by atoms with Gasteiger partial charge in [-0.2, -0.15) is 0 Å². The molecule has 0 saturated carbocycles. The molecule has 0 aliphatic carbocycles. The highest BCUT2D eigenvalue weighted by Crippen LogP contribution is 2.41. The molecule has 1 fully saturated rings. The number of benzene rings is 1. The summed E-state index contributed by atoms with van der Waals surface area (Å²) >= 11 is 6.05. The summed E-state index contributed by atoms with van der Waals surface area (Å²) in [4.78, 5) is 43.9. The number of H-pyrrole nitrogens is 1. The number of carbonyl (C=O) groups excluding carboxylic acids is 3. The number of aromatic amines is 1. The molecule has 2 heterocycles. The molecule has 0 spiro atoms. The van der Waals surface area contributed by atoms with Crippen LogP contribution >= 0.6 is 11.6 Å². The summed E-state index contributed by atoms with van der Waals surface area (Å²) in [5, 5.41) is 11.9. The first-order valence-corrected chi connectivity index (χ1v) is 11.1. The zero-order valence-electron chi connectivity index (χ0n) is 19.4. The van der Waals surface area contributed by atoms with E-state index in [1.54, 1.807) is 38.1 Å². The summed E-state index contributed by atoms with van der Waals surface area (Å²) in [7, 11) is 5.29. The lowest BCUT2D eigenvalue weighted by Gasteiger charge is -2.25. The second-order valence-electron chi connectivity index (χ2n) is 8.47. The fourth-order valence-electron chi connectivity index (χ4n) is 4.25. The van der Waals surface area contributed by atoms with Gasteiger partial charge in [-0.1, -0.05) is 23.7 Å². The van der Waals surface area contributed by atoms with Crippen molar-refractivity contribution >= 4 is 35.0 Å². The van der Waals surface area contributed by atoms with Crippen molar-refractivity contribution in [2.24, 2.45) is 0 Å². The number of aliphatic hydroxyl groups excluding tert-OH is 1. The maximum atomic E-state index is 13.2. The van der Waals surface area contributed by atoms with E-state index in [0.29, 0.717) is 40.4 Å². The number of amides is 1. The minimum Gasteiger partial charge on any atom is -0.507 e. The number of ether oxygens (including phenoxy) is 1. The Labute approximate surface area is 197 Å². The molecule has 1 aliphatic rings. The smallest absolute Gasteiger partial charge is 0.354 e. The van der Waals surface area contributed by atoms with Gasteiger partial charge >= 0.3 is 5.97 Å². The molecule has 176 valence electrons. The number of quaternary nitrogens is 1. The Bertz CT molecular complexity index is 1120. The average Bonchev–Trinajstić information content (AvgIpc) is 3.20. The van der Waals surface area contributed by atoms with Gasteiger partial charge in [0.2, 0.25) is 0 Å². The Morgan fingerprint density at radius 3 is 2.42 bits per heavy atom. The minimum absolute atomic E-state index is 0.0128. The van der Waals surface area contributed by atoms with Crippen molar-refractivity contribution in [1.29, 1.82) is 0 Å². The number of aliphatic hydroxyl groups is 1. The lowest BCUT2D eigenvalue weighted by molar-refractivity contribution is -0.858. The lowest BCUT2D eigenvalue weighted by atomic mass is 9.94. The number of halogens is 1. The number of carbonyl (C=O) groups is 3. The Balaban J connectivity index is 2.17. The normalized spacial score (nSPS) is 17.8. The van der Waals surface area contributed by atoms with Gasteiger partial charge in [-0.15, -0.1) is 0 Å². The highest BCUT2D eigenvalue weighted by molar-refractivity contribution is 6.46. The molecule has 3 rings (SSSR count). The van der Waals surface area contributed by atoms with Crippen molar-refractivity contribution < 1.29 is 29.1 Å². The Hall–Kier alpha value is -3.10. The molecule has 1 aromatic carbocycles. The van der Waals surface area contributed by atoms with Gasteiger partial charge in [-0.05, 0) is 37.1 Å². The number of nitrogens with zero attached hydrogens (tertiary/aromatic N) is 1. The van der Waals surface area contributed by atoms with Crippen LogP contribution in [0.25, 0.3) is 5.76 Å². The molecule has 2 aromatic rings. The molecule has 1 atom stereocenters. The van der Waals surface area contributed by atoms with Crippen LogP contribution in [0.15, 0.2) is 29.8 Å². The monoisotopic (exact) mass is 474 g/mol. The first-order chi connectivity index (χ1) is 15.6. The van der Waals surface area contributed by atoms with E-state index < -0.39 is 23.7 Å². The van der Waals surface area contributed by atoms with Crippen LogP contribution in [-0.4, -0.2) is 66.9 Å². The van der Waals surface area contributed by atoms with E-state index in [1.165, 1.54) is 16.9 Å². The molecule has 0 bridgehead atoms. The summed E-state index contributed by atoms with van der Waals surface area (Å²) in [5.74, 6) is -2.33. The van der Waals surface area contributed by atoms with Crippen molar-refractivity contribution in [3.8, 4) is 0 Å². The van der Waals surface area contributed by atoms with E-state index in [0.717, 1.165) is 6.54 Å². The third-order valence-electron chi connectivity index (χ3n) is 5.87. The summed E-state index contributed by atoms with van der Waals surface area (Å²) in [6.07, 6.45) is 0.689. The highest BCUT2D eigenvalue weighted by Gasteiger charge is 2.46. The van der Waals surface area contributed by atoms with E-state index in [9.17, 15) is 19.5 Å². The van der Waals surface area contributed by atoms with E-state index in [-0.39, 0.29) is 17.0 Å². The Morgan fingerprint density at radius 1 is 1.21 bits per heavy atom. The van der Waals surface area contributed by atoms with Crippen molar-refractivity contribution in [1.82, 2.24) is 9.88 Å². The number of ketones is 1. The summed E-state index contributed by atoms with van der Waals surface area (Å²) in [6.45, 7) is 4.51. The number of likely N-dealkylation sites (tertiary alicyclic amines) is 1. The van der Waals surface area contributed by atoms with E-state index in [1.807, 2.05) is 14.1 Å². The van der Waals surface area contributed by atoms with Gasteiger partial charge in [0.15, 0.2) is 0 Å². The van der Waals surface area contributed by atoms with Crippen LogP contribution in [0.5, 0.6) is 0 Å². The number of methoxy groups -OCH3 is 1. The second kappa shape index (κ2) is 9.80. The molecule has 33 heavy (non-hydrogen) atoms. The number of aryl methyl sites for hydroxylation is 1. The van der Waals surface area contributed by atoms with Crippen LogP contribution in [0.1, 0.15) is 45.3 Å². The predicted octanol–water partition coefficient (Wildman–Crippen LogP) is 2.03. The van der Waals surface area contributed by atoms with Crippen LogP contribution < -0.4 is 4.90 Å². The quantitative estimate of drug-likeness (QED) is 0.246. The molecule has 1 saturated heterocycles. The zero-order chi connectivity index (χ0) is 24.4. The van der Waals surface area contributed by atoms with E-state index in [2.05, 4.69) is 4.98 Å². The van der Waals surface area contributed by atoms with Crippen LogP contribution in [0, 0.1) is 13.8 Å². The maximum absolute atomic E-state index is 13.2. The predicted molar refractivity (Wildman–Crippen MR) is 124 cm³/mol. The van der Waals surface area contributed by atoms with Crippen molar-refractivity contribution in [3.05, 3.63) is 62.9 Å². The number of rotatable bonds is 7. The summed E-state index contributed by atoms with van der Waals surface area (Å²) < 4.78 is 4.80. The van der Waals surface area contributed by atoms with Crippen LogP contribution in [0.3, 0.4) is 0 Å². The van der Waals surface area contributed by atoms with E-state index in [4.69, 9.17) is 16.3 Å². The number of nitrogens with one attached hydrogen (secondary N) is 2. The topological polar surface area (TPSA) is 104 Å². The van der Waals surface area contributed by atoms with Gasteiger partial charge in [-0.3, -0.25) is 9.59 Å². The van der Waals surface area contributed by atoms with E-state index >= 15 is 0 Å². The highest BCUT2D eigenvalue weighted by atomic mass is 35.5. The maximum Gasteiger partial charge on any atom is 0.354 e. The molecular weight excluding hydrogens is 446 g/mol. The molecular formula is C24H29ClN3O5+. The largest absolute Gasteiger partial charge is 0.507 e. The number of aromatic nitrogens is 1. The van der Waals surface area contributed by atoms with Crippen LogP contribution in [0.2, 0.25) is 5.02 Å². The number of Topliss-reactive ketones (excluding diaryl/α,β-unsaturated/α-hetero) is 1. The number of esters is 1. The summed E-state index contributed by atoms with van der Waals surface area (Å²) in [6, 6.07) is 6.08. The van der Waals surface area contributed by atoms with Gasteiger partial charge in [0, 0.05) is 29.2 Å².